The van der Waals surface area contributed by atoms with Crippen molar-refractivity contribution in [2.24, 2.45) is 0 Å². The average molecular weight is 1100 g/mol. The molecule has 0 aliphatic heterocycles. The summed E-state index contributed by atoms with van der Waals surface area (Å²) in [6.07, 6.45) is 87.7. The number of carbonyl (C=O) groups excluding carboxylic acids is 3. The molecule has 0 aromatic rings. The van der Waals surface area contributed by atoms with Gasteiger partial charge >= 0.3 is 17.9 Å². The van der Waals surface area contributed by atoms with Crippen molar-refractivity contribution in [2.75, 3.05) is 13.2 Å². The van der Waals surface area contributed by atoms with E-state index in [1.165, 1.54) is 218 Å². The highest BCUT2D eigenvalue weighted by Gasteiger charge is 2.19. The summed E-state index contributed by atoms with van der Waals surface area (Å²) in [5.41, 5.74) is 0. The van der Waals surface area contributed by atoms with Crippen molar-refractivity contribution in [3.63, 3.8) is 0 Å². The second-order valence-corrected chi connectivity index (χ2v) is 23.1. The lowest BCUT2D eigenvalue weighted by Crippen LogP contribution is -2.30. The van der Waals surface area contributed by atoms with Gasteiger partial charge in [-0.05, 0) is 89.9 Å². The van der Waals surface area contributed by atoms with Gasteiger partial charge in [-0.15, -0.1) is 0 Å². The van der Waals surface area contributed by atoms with E-state index in [9.17, 15) is 14.4 Å². The average Bonchev–Trinajstić information content (AvgIpc) is 3.45. The molecule has 0 spiro atoms. The molecule has 0 N–H and O–H groups in total. The molecule has 0 fully saturated rings. The smallest absolute Gasteiger partial charge is 0.306 e. The summed E-state index contributed by atoms with van der Waals surface area (Å²) in [6.45, 7) is 6.57. The van der Waals surface area contributed by atoms with Gasteiger partial charge in [-0.2, -0.15) is 0 Å². The van der Waals surface area contributed by atoms with Crippen molar-refractivity contribution < 1.29 is 28.6 Å². The summed E-state index contributed by atoms with van der Waals surface area (Å²) in [5, 5.41) is 0. The molecule has 0 bridgehead atoms. The predicted octanol–water partition coefficient (Wildman–Crippen LogP) is 23.7. The van der Waals surface area contributed by atoms with E-state index in [1.54, 1.807) is 0 Å². The molecule has 1 unspecified atom stereocenters. The molecular formula is C73H130O6. The molecule has 0 radical (unpaired) electrons. The first-order chi connectivity index (χ1) is 39.0. The molecule has 0 saturated carbocycles. The molecule has 0 aromatic heterocycles. The Balaban J connectivity index is 4.37. The van der Waals surface area contributed by atoms with Crippen molar-refractivity contribution in [2.45, 2.75) is 361 Å². The third-order valence-electron chi connectivity index (χ3n) is 15.2. The number of rotatable bonds is 63. The van der Waals surface area contributed by atoms with Gasteiger partial charge in [0.05, 0.1) is 0 Å². The van der Waals surface area contributed by atoms with Crippen LogP contribution in [0.1, 0.15) is 355 Å². The van der Waals surface area contributed by atoms with Crippen molar-refractivity contribution >= 4 is 17.9 Å². The zero-order valence-electron chi connectivity index (χ0n) is 52.6. The van der Waals surface area contributed by atoms with Gasteiger partial charge in [0.2, 0.25) is 0 Å². The molecule has 0 aromatic carbocycles. The normalized spacial score (nSPS) is 12.5. The third-order valence-corrected chi connectivity index (χ3v) is 15.2. The summed E-state index contributed by atoms with van der Waals surface area (Å²) in [5.74, 6) is -0.867. The molecule has 0 rings (SSSR count). The van der Waals surface area contributed by atoms with Crippen LogP contribution in [-0.4, -0.2) is 37.2 Å². The Morgan fingerprint density at radius 1 is 0.266 bits per heavy atom. The first-order valence-electron chi connectivity index (χ1n) is 34.4. The van der Waals surface area contributed by atoms with E-state index in [1.807, 2.05) is 0 Å². The van der Waals surface area contributed by atoms with Crippen molar-refractivity contribution in [3.05, 3.63) is 72.9 Å². The largest absolute Gasteiger partial charge is 0.462 e. The summed E-state index contributed by atoms with van der Waals surface area (Å²) >= 11 is 0. The SMILES string of the molecule is CC/C=C\C/C=C\C/C=C\C/C=C\CCCCCCCCCCC(=O)OCC(COC(=O)CCCCCCCCCCCCCCCCCCCCC)OC(=O)CCCCCCCCCCC/C=C\C/C=C\CCCCCCC. The topological polar surface area (TPSA) is 78.9 Å². The molecule has 0 aliphatic carbocycles. The van der Waals surface area contributed by atoms with Crippen LogP contribution in [0.3, 0.4) is 0 Å². The van der Waals surface area contributed by atoms with Crippen LogP contribution in [0.4, 0.5) is 0 Å². The quantitative estimate of drug-likeness (QED) is 0.0261. The summed E-state index contributed by atoms with van der Waals surface area (Å²) in [7, 11) is 0. The molecule has 0 amide bonds. The molecule has 458 valence electrons. The van der Waals surface area contributed by atoms with Crippen molar-refractivity contribution in [1.29, 1.82) is 0 Å². The number of ether oxygens (including phenoxy) is 3. The number of allylic oxidation sites excluding steroid dienone is 12. The first-order valence-corrected chi connectivity index (χ1v) is 34.4. The van der Waals surface area contributed by atoms with Gasteiger partial charge in [0.1, 0.15) is 13.2 Å². The maximum Gasteiger partial charge on any atom is 0.306 e. The fraction of sp³-hybridized carbons (Fsp3) is 0.795. The third kappa shape index (κ3) is 65.5. The highest BCUT2D eigenvalue weighted by atomic mass is 16.6. The molecular weight excluding hydrogens is 973 g/mol. The Morgan fingerprint density at radius 2 is 0.494 bits per heavy atom. The van der Waals surface area contributed by atoms with Gasteiger partial charge in [-0.3, -0.25) is 14.4 Å². The highest BCUT2D eigenvalue weighted by Crippen LogP contribution is 2.18. The maximum atomic E-state index is 13.0. The van der Waals surface area contributed by atoms with Crippen LogP contribution < -0.4 is 0 Å². The Morgan fingerprint density at radius 3 is 0.772 bits per heavy atom. The molecule has 1 atom stereocenters. The van der Waals surface area contributed by atoms with Gasteiger partial charge in [0, 0.05) is 19.3 Å². The molecule has 6 nitrogen and oxygen atoms in total. The Bertz CT molecular complexity index is 1450. The lowest BCUT2D eigenvalue weighted by atomic mass is 10.0. The first kappa shape index (κ1) is 75.8. The second-order valence-electron chi connectivity index (χ2n) is 23.1. The molecule has 6 heteroatoms. The van der Waals surface area contributed by atoms with Crippen LogP contribution in [0, 0.1) is 0 Å². The van der Waals surface area contributed by atoms with E-state index >= 15 is 0 Å². The van der Waals surface area contributed by atoms with Crippen molar-refractivity contribution in [1.82, 2.24) is 0 Å². The summed E-state index contributed by atoms with van der Waals surface area (Å²) in [6, 6.07) is 0. The monoisotopic (exact) mass is 1100 g/mol. The van der Waals surface area contributed by atoms with Crippen LogP contribution in [0.25, 0.3) is 0 Å². The zero-order valence-corrected chi connectivity index (χ0v) is 52.6. The van der Waals surface area contributed by atoms with Gasteiger partial charge in [-0.25, -0.2) is 0 Å². The minimum Gasteiger partial charge on any atom is -0.462 e. The molecule has 0 heterocycles. The van der Waals surface area contributed by atoms with E-state index in [-0.39, 0.29) is 31.1 Å². The maximum absolute atomic E-state index is 13.0. The number of hydrogen-bond donors (Lipinski definition) is 0. The van der Waals surface area contributed by atoms with E-state index in [0.717, 1.165) is 96.3 Å². The summed E-state index contributed by atoms with van der Waals surface area (Å²) in [4.78, 5) is 38.5. The van der Waals surface area contributed by atoms with Gasteiger partial charge < -0.3 is 14.2 Å². The Hall–Kier alpha value is -3.15. The highest BCUT2D eigenvalue weighted by molar-refractivity contribution is 5.71. The van der Waals surface area contributed by atoms with Gasteiger partial charge in [0.15, 0.2) is 6.10 Å². The second kappa shape index (κ2) is 67.4. The van der Waals surface area contributed by atoms with Crippen molar-refractivity contribution in [3.8, 4) is 0 Å². The van der Waals surface area contributed by atoms with Gasteiger partial charge in [0.25, 0.3) is 0 Å². The summed E-state index contributed by atoms with van der Waals surface area (Å²) < 4.78 is 17.0. The van der Waals surface area contributed by atoms with Crippen LogP contribution >= 0.6 is 0 Å². The fourth-order valence-corrected chi connectivity index (χ4v) is 10.1. The Kier molecular flexibility index (Phi) is 64.7. The van der Waals surface area contributed by atoms with E-state index < -0.39 is 6.10 Å². The number of hydrogen-bond acceptors (Lipinski definition) is 6. The minimum absolute atomic E-state index is 0.0760. The van der Waals surface area contributed by atoms with Crippen LogP contribution in [0.2, 0.25) is 0 Å². The lowest BCUT2D eigenvalue weighted by Gasteiger charge is -2.18. The van der Waals surface area contributed by atoms with Gasteiger partial charge in [-0.1, -0.05) is 318 Å². The molecule has 0 saturated heterocycles. The number of esters is 3. The lowest BCUT2D eigenvalue weighted by molar-refractivity contribution is -0.167. The number of unbranched alkanes of at least 4 members (excludes halogenated alkanes) is 40. The van der Waals surface area contributed by atoms with Crippen LogP contribution in [0.15, 0.2) is 72.9 Å². The Labute approximate surface area is 491 Å². The van der Waals surface area contributed by atoms with Crippen LogP contribution in [0.5, 0.6) is 0 Å². The zero-order chi connectivity index (χ0) is 57.1. The van der Waals surface area contributed by atoms with E-state index in [0.29, 0.717) is 19.3 Å². The minimum atomic E-state index is -0.782. The van der Waals surface area contributed by atoms with E-state index in [4.69, 9.17) is 14.2 Å². The van der Waals surface area contributed by atoms with E-state index in [2.05, 4.69) is 93.7 Å². The molecule has 0 aliphatic rings. The number of carbonyl (C=O) groups is 3. The fourth-order valence-electron chi connectivity index (χ4n) is 10.1. The standard InChI is InChI=1S/C73H130O6/c1-4-7-10-13-16-19-22-25-28-31-34-36-39-42-45-48-51-54-57-60-63-66-72(75)78-69-70(68-77-71(74)65-62-59-56-53-50-47-44-41-38-33-30-27-24-21-18-15-12-9-6-3)79-73(76)67-64-61-58-55-52-49-46-43-40-37-35-32-29-26-23-20-17-14-11-8-5-2/h7,10,16,19,23,25-26,28,32,34-36,70H,4-6,8-9,11-15,17-18,20-22,24,27,29-31,33,37-69H2,1-3H3/b10-7-,19-16-,26-23-,28-25-,35-32-,36-34-. The predicted molar refractivity (Wildman–Crippen MR) is 344 cm³/mol. The van der Waals surface area contributed by atoms with Crippen LogP contribution in [-0.2, 0) is 28.6 Å². The molecule has 79 heavy (non-hydrogen) atoms.